The molecule has 0 saturated carbocycles. The largest absolute Gasteiger partial charge is 0.436 e. The fourth-order valence-corrected chi connectivity index (χ4v) is 1.51. The average molecular weight is 240 g/mol. The van der Waals surface area contributed by atoms with Crippen LogP contribution < -0.4 is 10.5 Å². The zero-order valence-electron chi connectivity index (χ0n) is 10.1. The summed E-state index contributed by atoms with van der Waals surface area (Å²) in [5.74, 6) is 0.825. The Hall–Kier alpha value is -2.61. The number of aromatic nitrogens is 2. The average Bonchev–Trinajstić information content (AvgIpc) is 2.36. The molecule has 0 fully saturated rings. The molecule has 0 unspecified atom stereocenters. The Balaban J connectivity index is 2.41. The summed E-state index contributed by atoms with van der Waals surface area (Å²) in [6.07, 6.45) is 1.45. The number of aryl methyl sites for hydroxylation is 2. The van der Waals surface area contributed by atoms with E-state index in [1.165, 1.54) is 6.20 Å². The van der Waals surface area contributed by atoms with Gasteiger partial charge in [0.15, 0.2) is 0 Å². The van der Waals surface area contributed by atoms with Crippen molar-refractivity contribution in [2.24, 2.45) is 0 Å². The topological polar surface area (TPSA) is 84.8 Å². The monoisotopic (exact) mass is 240 g/mol. The maximum absolute atomic E-state index is 8.95. The molecule has 1 aromatic heterocycles. The van der Waals surface area contributed by atoms with Crippen LogP contribution in [0, 0.1) is 25.2 Å². The first-order valence-corrected chi connectivity index (χ1v) is 5.38. The Morgan fingerprint density at radius 3 is 2.78 bits per heavy atom. The Morgan fingerprint density at radius 1 is 1.28 bits per heavy atom. The van der Waals surface area contributed by atoms with Gasteiger partial charge in [-0.1, -0.05) is 0 Å². The van der Waals surface area contributed by atoms with Crippen LogP contribution in [0.4, 0.5) is 5.69 Å². The molecule has 0 saturated heterocycles. The van der Waals surface area contributed by atoms with Crippen molar-refractivity contribution in [1.29, 1.82) is 5.26 Å². The van der Waals surface area contributed by atoms with Gasteiger partial charge in [-0.25, -0.2) is 0 Å². The van der Waals surface area contributed by atoms with E-state index < -0.39 is 0 Å². The van der Waals surface area contributed by atoms with Crippen LogP contribution >= 0.6 is 0 Å². The van der Waals surface area contributed by atoms with Crippen molar-refractivity contribution in [2.75, 3.05) is 5.73 Å². The first-order chi connectivity index (χ1) is 8.61. The van der Waals surface area contributed by atoms with E-state index in [2.05, 4.69) is 10.2 Å². The Bertz CT molecular complexity index is 631. The number of nitriles is 1. The summed E-state index contributed by atoms with van der Waals surface area (Å²) in [6.45, 7) is 3.77. The van der Waals surface area contributed by atoms with E-state index in [0.717, 1.165) is 11.1 Å². The maximum atomic E-state index is 8.95. The van der Waals surface area contributed by atoms with Crippen molar-refractivity contribution >= 4 is 5.69 Å². The number of benzene rings is 1. The van der Waals surface area contributed by atoms with Gasteiger partial charge in [0.05, 0.1) is 6.20 Å². The minimum Gasteiger partial charge on any atom is -0.436 e. The van der Waals surface area contributed by atoms with E-state index in [1.54, 1.807) is 6.07 Å². The van der Waals surface area contributed by atoms with Gasteiger partial charge in [0.2, 0.25) is 0 Å². The lowest BCUT2D eigenvalue weighted by Gasteiger charge is -2.10. The van der Waals surface area contributed by atoms with Crippen LogP contribution in [0.15, 0.2) is 24.4 Å². The number of nitrogens with zero attached hydrogens (tertiary/aromatic N) is 3. The maximum Gasteiger partial charge on any atom is 0.256 e. The third kappa shape index (κ3) is 2.23. The van der Waals surface area contributed by atoms with E-state index in [9.17, 15) is 0 Å². The first kappa shape index (κ1) is 11.9. The number of nitrogen functional groups attached to an aromatic ring is 1. The van der Waals surface area contributed by atoms with E-state index in [4.69, 9.17) is 15.7 Å². The van der Waals surface area contributed by atoms with Crippen LogP contribution in [-0.4, -0.2) is 10.2 Å². The smallest absolute Gasteiger partial charge is 0.256 e. The van der Waals surface area contributed by atoms with Crippen LogP contribution in [0.5, 0.6) is 11.6 Å². The van der Waals surface area contributed by atoms with Gasteiger partial charge in [0.1, 0.15) is 17.4 Å². The molecule has 1 heterocycles. The second-order valence-electron chi connectivity index (χ2n) is 3.94. The zero-order chi connectivity index (χ0) is 13.1. The molecule has 0 bridgehead atoms. The van der Waals surface area contributed by atoms with Crippen molar-refractivity contribution in [3.63, 3.8) is 0 Å². The van der Waals surface area contributed by atoms with E-state index in [-0.39, 0.29) is 5.88 Å². The minimum atomic E-state index is 0.201. The molecule has 90 valence electrons. The molecule has 2 rings (SSSR count). The zero-order valence-corrected chi connectivity index (χ0v) is 10.1. The molecule has 2 aromatic rings. The molecule has 0 aliphatic carbocycles. The van der Waals surface area contributed by atoms with E-state index in [0.29, 0.717) is 17.0 Å². The quantitative estimate of drug-likeness (QED) is 0.814. The lowest BCUT2D eigenvalue weighted by Crippen LogP contribution is -1.97. The SMILES string of the molecule is Cc1cc(Oc2nnccc2C#N)c(C)cc1N. The highest BCUT2D eigenvalue weighted by Gasteiger charge is 2.09. The molecule has 0 aliphatic rings. The number of ether oxygens (including phenoxy) is 1. The molecular weight excluding hydrogens is 228 g/mol. The van der Waals surface area contributed by atoms with Crippen molar-refractivity contribution in [3.8, 4) is 17.7 Å². The third-order valence-corrected chi connectivity index (χ3v) is 2.58. The highest BCUT2D eigenvalue weighted by Crippen LogP contribution is 2.28. The highest BCUT2D eigenvalue weighted by atomic mass is 16.5. The number of rotatable bonds is 2. The fraction of sp³-hybridized carbons (Fsp3) is 0.154. The molecular formula is C13H12N4O. The van der Waals surface area contributed by atoms with Crippen molar-refractivity contribution in [2.45, 2.75) is 13.8 Å². The summed E-state index contributed by atoms with van der Waals surface area (Å²) >= 11 is 0. The summed E-state index contributed by atoms with van der Waals surface area (Å²) in [5.41, 5.74) is 8.65. The van der Waals surface area contributed by atoms with Crippen LogP contribution in [0.1, 0.15) is 16.7 Å². The third-order valence-electron chi connectivity index (χ3n) is 2.58. The van der Waals surface area contributed by atoms with Gasteiger partial charge in [-0.15, -0.1) is 5.10 Å². The molecule has 5 heteroatoms. The molecule has 18 heavy (non-hydrogen) atoms. The van der Waals surface area contributed by atoms with Crippen LogP contribution in [-0.2, 0) is 0 Å². The van der Waals surface area contributed by atoms with Crippen LogP contribution in [0.3, 0.4) is 0 Å². The number of anilines is 1. The molecule has 0 aliphatic heterocycles. The summed E-state index contributed by atoms with van der Waals surface area (Å²) in [7, 11) is 0. The standard InChI is InChI=1S/C13H12N4O/c1-8-6-12(9(2)5-11(8)15)18-13-10(7-14)3-4-16-17-13/h3-6H,15H2,1-2H3. The van der Waals surface area contributed by atoms with Gasteiger partial charge in [0.25, 0.3) is 5.88 Å². The minimum absolute atomic E-state index is 0.201. The summed E-state index contributed by atoms with van der Waals surface area (Å²) in [6, 6.07) is 7.21. The van der Waals surface area contributed by atoms with Gasteiger partial charge in [-0.3, -0.25) is 0 Å². The molecule has 0 atom stereocenters. The van der Waals surface area contributed by atoms with Crippen molar-refractivity contribution in [1.82, 2.24) is 10.2 Å². The van der Waals surface area contributed by atoms with Crippen molar-refractivity contribution < 1.29 is 4.74 Å². The van der Waals surface area contributed by atoms with E-state index >= 15 is 0 Å². The van der Waals surface area contributed by atoms with Crippen LogP contribution in [0.2, 0.25) is 0 Å². The predicted molar refractivity (Wildman–Crippen MR) is 67.1 cm³/mol. The Morgan fingerprint density at radius 2 is 2.06 bits per heavy atom. The molecule has 2 N–H and O–H groups in total. The summed E-state index contributed by atoms with van der Waals surface area (Å²) < 4.78 is 5.62. The van der Waals surface area contributed by atoms with Gasteiger partial charge in [-0.05, 0) is 43.2 Å². The first-order valence-electron chi connectivity index (χ1n) is 5.38. The lowest BCUT2D eigenvalue weighted by molar-refractivity contribution is 0.450. The number of hydrogen-bond donors (Lipinski definition) is 1. The second kappa shape index (κ2) is 4.72. The van der Waals surface area contributed by atoms with Gasteiger partial charge < -0.3 is 10.5 Å². The van der Waals surface area contributed by atoms with Gasteiger partial charge in [0, 0.05) is 5.69 Å². The Kier molecular flexibility index (Phi) is 3.11. The molecule has 0 spiro atoms. The molecule has 0 amide bonds. The highest BCUT2D eigenvalue weighted by molar-refractivity contribution is 5.54. The second-order valence-corrected chi connectivity index (χ2v) is 3.94. The van der Waals surface area contributed by atoms with E-state index in [1.807, 2.05) is 32.0 Å². The number of nitrogens with two attached hydrogens (primary N) is 1. The van der Waals surface area contributed by atoms with Gasteiger partial charge in [-0.2, -0.15) is 10.4 Å². The molecule has 0 radical (unpaired) electrons. The van der Waals surface area contributed by atoms with Crippen molar-refractivity contribution in [3.05, 3.63) is 41.1 Å². The lowest BCUT2D eigenvalue weighted by atomic mass is 10.1. The summed E-state index contributed by atoms with van der Waals surface area (Å²) in [5, 5.41) is 16.5. The fourth-order valence-electron chi connectivity index (χ4n) is 1.51. The normalized spacial score (nSPS) is 9.83. The molecule has 1 aromatic carbocycles. The molecule has 5 nitrogen and oxygen atoms in total. The number of hydrogen-bond acceptors (Lipinski definition) is 5. The van der Waals surface area contributed by atoms with Crippen LogP contribution in [0.25, 0.3) is 0 Å². The Labute approximate surface area is 105 Å². The summed E-state index contributed by atoms with van der Waals surface area (Å²) in [4.78, 5) is 0. The van der Waals surface area contributed by atoms with Gasteiger partial charge >= 0.3 is 0 Å². The predicted octanol–water partition coefficient (Wildman–Crippen LogP) is 2.34.